The van der Waals surface area contributed by atoms with Gasteiger partial charge in [0.05, 0.1) is 7.11 Å². The molecule has 0 saturated carbocycles. The molecule has 1 aromatic rings. The Morgan fingerprint density at radius 1 is 1.44 bits per heavy atom. The van der Waals surface area contributed by atoms with Crippen LogP contribution in [-0.2, 0) is 11.3 Å². The minimum atomic E-state index is 0.277. The van der Waals surface area contributed by atoms with Gasteiger partial charge in [-0.2, -0.15) is 0 Å². The number of unbranched alkanes of at least 4 members (excludes halogenated alkanes) is 1. The van der Waals surface area contributed by atoms with E-state index in [-0.39, 0.29) is 5.91 Å². The van der Waals surface area contributed by atoms with E-state index in [1.165, 1.54) is 12.8 Å². The van der Waals surface area contributed by atoms with Crippen LogP contribution in [0.4, 0.5) is 0 Å². The maximum atomic E-state index is 11.7. The number of rotatable bonds is 6. The van der Waals surface area contributed by atoms with E-state index in [1.54, 1.807) is 7.11 Å². The monoisotopic (exact) mass is 247 g/mol. The Kier molecular flexibility index (Phi) is 4.24. The first kappa shape index (κ1) is 12.9. The van der Waals surface area contributed by atoms with Crippen molar-refractivity contribution in [2.24, 2.45) is 0 Å². The average Bonchev–Trinajstić information content (AvgIpc) is 2.41. The largest absolute Gasteiger partial charge is 0.497 e. The molecular formula is C15H21NO2. The summed E-state index contributed by atoms with van der Waals surface area (Å²) in [5.74, 6) is 1.13. The Bertz CT molecular complexity index is 417. The van der Waals surface area contributed by atoms with Crippen molar-refractivity contribution in [1.29, 1.82) is 0 Å². The van der Waals surface area contributed by atoms with Gasteiger partial charge in [-0.3, -0.25) is 4.79 Å². The number of methoxy groups -OCH3 is 1. The number of hydrogen-bond acceptors (Lipinski definition) is 2. The van der Waals surface area contributed by atoms with E-state index in [2.05, 4.69) is 6.92 Å². The number of carbonyl (C=O) groups is 1. The molecule has 1 aliphatic rings. The van der Waals surface area contributed by atoms with E-state index >= 15 is 0 Å². The lowest BCUT2D eigenvalue weighted by molar-refractivity contribution is -0.147. The van der Waals surface area contributed by atoms with Crippen LogP contribution >= 0.6 is 0 Å². The number of ether oxygens (including phenoxy) is 1. The Balaban J connectivity index is 1.96. The fourth-order valence-corrected chi connectivity index (χ4v) is 2.40. The lowest BCUT2D eigenvalue weighted by Crippen LogP contribution is -2.51. The van der Waals surface area contributed by atoms with E-state index in [0.29, 0.717) is 12.6 Å². The van der Waals surface area contributed by atoms with Crippen molar-refractivity contribution in [3.05, 3.63) is 29.8 Å². The zero-order chi connectivity index (χ0) is 13.0. The molecule has 0 bridgehead atoms. The van der Waals surface area contributed by atoms with Crippen molar-refractivity contribution in [2.45, 2.75) is 45.2 Å². The van der Waals surface area contributed by atoms with Crippen molar-refractivity contribution in [1.82, 2.24) is 4.90 Å². The minimum Gasteiger partial charge on any atom is -0.497 e. The third-order valence-electron chi connectivity index (χ3n) is 3.55. The molecule has 0 radical (unpaired) electrons. The third-order valence-corrected chi connectivity index (χ3v) is 3.55. The van der Waals surface area contributed by atoms with Crippen molar-refractivity contribution in [2.75, 3.05) is 7.11 Å². The molecule has 98 valence electrons. The lowest BCUT2D eigenvalue weighted by Gasteiger charge is -2.40. The molecule has 2 rings (SSSR count). The molecule has 1 atom stereocenters. The number of amides is 1. The van der Waals surface area contributed by atoms with Crippen LogP contribution in [0.2, 0.25) is 0 Å². The van der Waals surface area contributed by atoms with Crippen LogP contribution in [0.3, 0.4) is 0 Å². The SMILES string of the molecule is CCCCC1CC(=O)N1Cc1cccc(OC)c1. The van der Waals surface area contributed by atoms with Gasteiger partial charge < -0.3 is 9.64 Å². The molecule has 1 fully saturated rings. The third kappa shape index (κ3) is 2.84. The van der Waals surface area contributed by atoms with E-state index < -0.39 is 0 Å². The van der Waals surface area contributed by atoms with Gasteiger partial charge >= 0.3 is 0 Å². The van der Waals surface area contributed by atoms with Crippen LogP contribution in [0.15, 0.2) is 24.3 Å². The Morgan fingerprint density at radius 2 is 2.28 bits per heavy atom. The van der Waals surface area contributed by atoms with Crippen molar-refractivity contribution < 1.29 is 9.53 Å². The molecule has 1 unspecified atom stereocenters. The summed E-state index contributed by atoms with van der Waals surface area (Å²) in [6, 6.07) is 8.40. The molecule has 1 aliphatic heterocycles. The van der Waals surface area contributed by atoms with Gasteiger partial charge in [-0.15, -0.1) is 0 Å². The number of carbonyl (C=O) groups excluding carboxylic acids is 1. The first-order chi connectivity index (χ1) is 8.74. The maximum Gasteiger partial charge on any atom is 0.225 e. The zero-order valence-corrected chi connectivity index (χ0v) is 11.2. The van der Waals surface area contributed by atoms with Crippen molar-refractivity contribution in [3.8, 4) is 5.75 Å². The molecule has 1 saturated heterocycles. The van der Waals surface area contributed by atoms with Crippen LogP contribution in [-0.4, -0.2) is 24.0 Å². The Hall–Kier alpha value is -1.51. The summed E-state index contributed by atoms with van der Waals surface area (Å²) in [4.78, 5) is 13.6. The van der Waals surface area contributed by atoms with Gasteiger partial charge in [0, 0.05) is 19.0 Å². The standard InChI is InChI=1S/C15H21NO2/c1-3-4-7-13-10-15(17)16(13)11-12-6-5-8-14(9-12)18-2/h5-6,8-9,13H,3-4,7,10-11H2,1-2H3. The molecule has 0 aliphatic carbocycles. The molecule has 1 heterocycles. The van der Waals surface area contributed by atoms with E-state index in [9.17, 15) is 4.79 Å². The molecule has 1 aromatic carbocycles. The van der Waals surface area contributed by atoms with Crippen LogP contribution < -0.4 is 4.74 Å². The number of β-lactam (4-membered cyclic amide) rings is 1. The van der Waals surface area contributed by atoms with Crippen LogP contribution in [0, 0.1) is 0 Å². The predicted octanol–water partition coefficient (Wildman–Crippen LogP) is 2.99. The Morgan fingerprint density at radius 3 is 2.94 bits per heavy atom. The Labute approximate surface area is 109 Å². The number of hydrogen-bond donors (Lipinski definition) is 0. The fourth-order valence-electron chi connectivity index (χ4n) is 2.40. The van der Waals surface area contributed by atoms with Crippen LogP contribution in [0.1, 0.15) is 38.2 Å². The molecule has 0 spiro atoms. The molecule has 0 aromatic heterocycles. The topological polar surface area (TPSA) is 29.5 Å². The highest BCUT2D eigenvalue weighted by molar-refractivity contribution is 5.83. The molecular weight excluding hydrogens is 226 g/mol. The summed E-state index contributed by atoms with van der Waals surface area (Å²) in [5.41, 5.74) is 1.14. The average molecular weight is 247 g/mol. The first-order valence-electron chi connectivity index (χ1n) is 6.67. The summed E-state index contributed by atoms with van der Waals surface area (Å²) in [6.45, 7) is 2.90. The highest BCUT2D eigenvalue weighted by Gasteiger charge is 2.34. The van der Waals surface area contributed by atoms with Gasteiger partial charge in [0.25, 0.3) is 0 Å². The van der Waals surface area contributed by atoms with E-state index in [1.807, 2.05) is 29.2 Å². The highest BCUT2D eigenvalue weighted by atomic mass is 16.5. The van der Waals surface area contributed by atoms with Gasteiger partial charge in [-0.25, -0.2) is 0 Å². The maximum absolute atomic E-state index is 11.7. The van der Waals surface area contributed by atoms with E-state index in [4.69, 9.17) is 4.74 Å². The second-order valence-electron chi connectivity index (χ2n) is 4.87. The fraction of sp³-hybridized carbons (Fsp3) is 0.533. The highest BCUT2D eigenvalue weighted by Crippen LogP contribution is 2.27. The number of likely N-dealkylation sites (tertiary alicyclic amines) is 1. The summed E-state index contributed by atoms with van der Waals surface area (Å²) < 4.78 is 5.20. The van der Waals surface area contributed by atoms with Crippen LogP contribution in [0.25, 0.3) is 0 Å². The molecule has 0 N–H and O–H groups in total. The second kappa shape index (κ2) is 5.89. The summed E-state index contributed by atoms with van der Waals surface area (Å²) in [5, 5.41) is 0. The zero-order valence-electron chi connectivity index (χ0n) is 11.2. The van der Waals surface area contributed by atoms with E-state index in [0.717, 1.165) is 24.2 Å². The van der Waals surface area contributed by atoms with Crippen molar-refractivity contribution in [3.63, 3.8) is 0 Å². The minimum absolute atomic E-state index is 0.277. The molecule has 3 heteroatoms. The smallest absolute Gasteiger partial charge is 0.225 e. The second-order valence-corrected chi connectivity index (χ2v) is 4.87. The lowest BCUT2D eigenvalue weighted by atomic mass is 9.95. The molecule has 3 nitrogen and oxygen atoms in total. The number of nitrogens with zero attached hydrogens (tertiary/aromatic N) is 1. The van der Waals surface area contributed by atoms with Crippen molar-refractivity contribution >= 4 is 5.91 Å². The number of benzene rings is 1. The summed E-state index contributed by atoms with van der Waals surface area (Å²) in [7, 11) is 1.66. The summed E-state index contributed by atoms with van der Waals surface area (Å²) in [6.07, 6.45) is 4.25. The quantitative estimate of drug-likeness (QED) is 0.723. The van der Waals surface area contributed by atoms with Gasteiger partial charge in [-0.1, -0.05) is 31.9 Å². The predicted molar refractivity (Wildman–Crippen MR) is 71.5 cm³/mol. The van der Waals surface area contributed by atoms with Gasteiger partial charge in [0.1, 0.15) is 5.75 Å². The molecule has 1 amide bonds. The van der Waals surface area contributed by atoms with Gasteiger partial charge in [-0.05, 0) is 24.1 Å². The summed E-state index contributed by atoms with van der Waals surface area (Å²) >= 11 is 0. The molecule has 18 heavy (non-hydrogen) atoms. The first-order valence-corrected chi connectivity index (χ1v) is 6.67. The van der Waals surface area contributed by atoms with Gasteiger partial charge in [0.15, 0.2) is 0 Å². The normalized spacial score (nSPS) is 18.7. The van der Waals surface area contributed by atoms with Crippen LogP contribution in [0.5, 0.6) is 5.75 Å². The van der Waals surface area contributed by atoms with Gasteiger partial charge in [0.2, 0.25) is 5.91 Å².